The van der Waals surface area contributed by atoms with E-state index in [1.165, 1.54) is 4.90 Å². The summed E-state index contributed by atoms with van der Waals surface area (Å²) in [5, 5.41) is 3.98. The van der Waals surface area contributed by atoms with Crippen molar-refractivity contribution in [3.05, 3.63) is 101 Å². The van der Waals surface area contributed by atoms with Crippen LogP contribution in [-0.2, 0) is 16.0 Å². The van der Waals surface area contributed by atoms with Crippen molar-refractivity contribution in [1.29, 1.82) is 0 Å². The van der Waals surface area contributed by atoms with E-state index >= 15 is 0 Å². The third-order valence-corrected chi connectivity index (χ3v) is 8.22. The Morgan fingerprint density at radius 3 is 2.48 bits per heavy atom. The van der Waals surface area contributed by atoms with Crippen molar-refractivity contribution in [2.75, 3.05) is 24.7 Å². The molecule has 2 aliphatic rings. The molecule has 4 amide bonds. The van der Waals surface area contributed by atoms with Crippen LogP contribution in [0.1, 0.15) is 65.0 Å². The highest BCUT2D eigenvalue weighted by Gasteiger charge is 2.53. The standard InChI is InChI=1S/C34H36N4O4/c1-3-4-19-42-20-7-18-35-32(39)24-14-16-25(17-15-24)37-33(40)29-21-27-26-8-5-6-9-28(26)36-30(27)31(38(29)34(37)41)23-12-10-22(2)11-13-23/h5-6,8-17,29,31,36H,3-4,7,18-21H2,1-2H3,(H,35,39)/t29-,31+/m0/s1. The molecule has 0 radical (unpaired) electrons. The number of fused-ring (bicyclic) bond motifs is 4. The highest BCUT2D eigenvalue weighted by atomic mass is 16.5. The summed E-state index contributed by atoms with van der Waals surface area (Å²) in [6.45, 7) is 6.02. The number of H-pyrrole nitrogens is 1. The lowest BCUT2D eigenvalue weighted by Gasteiger charge is -2.36. The maximum absolute atomic E-state index is 14.0. The number of urea groups is 1. The molecule has 8 nitrogen and oxygen atoms in total. The van der Waals surface area contributed by atoms with Crippen LogP contribution in [0, 0.1) is 6.92 Å². The number of ether oxygens (including phenoxy) is 1. The van der Waals surface area contributed by atoms with Gasteiger partial charge in [-0.15, -0.1) is 0 Å². The third-order valence-electron chi connectivity index (χ3n) is 8.22. The van der Waals surface area contributed by atoms with E-state index in [9.17, 15) is 14.4 Å². The van der Waals surface area contributed by atoms with Gasteiger partial charge in [0.25, 0.3) is 11.8 Å². The molecular weight excluding hydrogens is 528 g/mol. The second-order valence-electron chi connectivity index (χ2n) is 11.1. The van der Waals surface area contributed by atoms with Crippen molar-refractivity contribution in [1.82, 2.24) is 15.2 Å². The second-order valence-corrected chi connectivity index (χ2v) is 11.1. The molecule has 2 atom stereocenters. The molecule has 6 rings (SSSR count). The molecule has 3 heterocycles. The van der Waals surface area contributed by atoms with Crippen LogP contribution in [0.25, 0.3) is 10.9 Å². The molecule has 2 N–H and O–H groups in total. The Morgan fingerprint density at radius 1 is 0.976 bits per heavy atom. The number of imide groups is 1. The molecule has 0 bridgehead atoms. The lowest BCUT2D eigenvalue weighted by molar-refractivity contribution is -0.120. The number of aromatic nitrogens is 1. The quantitative estimate of drug-likeness (QED) is 0.185. The van der Waals surface area contributed by atoms with Gasteiger partial charge in [-0.3, -0.25) is 14.5 Å². The molecule has 42 heavy (non-hydrogen) atoms. The maximum Gasteiger partial charge on any atom is 0.332 e. The molecule has 1 saturated heterocycles. The number of benzene rings is 3. The number of amides is 4. The molecule has 1 aromatic heterocycles. The fourth-order valence-electron chi connectivity index (χ4n) is 6.00. The Morgan fingerprint density at radius 2 is 1.71 bits per heavy atom. The number of hydrogen-bond donors (Lipinski definition) is 2. The topological polar surface area (TPSA) is 94.7 Å². The molecule has 216 valence electrons. The first-order chi connectivity index (χ1) is 20.5. The van der Waals surface area contributed by atoms with Crippen molar-refractivity contribution in [2.45, 2.75) is 51.6 Å². The number of hydrogen-bond acceptors (Lipinski definition) is 4. The summed E-state index contributed by atoms with van der Waals surface area (Å²) in [7, 11) is 0. The van der Waals surface area contributed by atoms with Crippen LogP contribution in [0.3, 0.4) is 0 Å². The summed E-state index contributed by atoms with van der Waals surface area (Å²) in [5.74, 6) is -0.454. The average molecular weight is 565 g/mol. The lowest BCUT2D eigenvalue weighted by atomic mass is 9.88. The van der Waals surface area contributed by atoms with Crippen LogP contribution in [-0.4, -0.2) is 53.5 Å². The fourth-order valence-corrected chi connectivity index (χ4v) is 6.00. The summed E-state index contributed by atoms with van der Waals surface area (Å²) in [5.41, 5.74) is 6.01. The summed E-state index contributed by atoms with van der Waals surface area (Å²) in [4.78, 5) is 47.1. The lowest BCUT2D eigenvalue weighted by Crippen LogP contribution is -2.44. The van der Waals surface area contributed by atoms with E-state index in [1.807, 2.05) is 49.4 Å². The number of rotatable bonds is 10. The predicted molar refractivity (Wildman–Crippen MR) is 163 cm³/mol. The number of nitrogens with one attached hydrogen (secondary N) is 2. The summed E-state index contributed by atoms with van der Waals surface area (Å²) < 4.78 is 5.55. The summed E-state index contributed by atoms with van der Waals surface area (Å²) >= 11 is 0. The monoisotopic (exact) mass is 564 g/mol. The molecule has 8 heteroatoms. The number of carbonyl (C=O) groups is 3. The van der Waals surface area contributed by atoms with E-state index in [-0.39, 0.29) is 17.8 Å². The van der Waals surface area contributed by atoms with Gasteiger partial charge in [-0.25, -0.2) is 9.69 Å². The van der Waals surface area contributed by atoms with E-state index < -0.39 is 12.1 Å². The Hall–Kier alpha value is -4.43. The highest BCUT2D eigenvalue weighted by molar-refractivity contribution is 6.22. The second kappa shape index (κ2) is 11.8. The first kappa shape index (κ1) is 27.7. The smallest absolute Gasteiger partial charge is 0.332 e. The normalized spacial score (nSPS) is 18.0. The Labute approximate surface area is 245 Å². The molecular formula is C34H36N4O4. The zero-order valence-corrected chi connectivity index (χ0v) is 24.1. The van der Waals surface area contributed by atoms with Crippen molar-refractivity contribution >= 4 is 34.4 Å². The van der Waals surface area contributed by atoms with E-state index in [0.29, 0.717) is 30.8 Å². The molecule has 0 saturated carbocycles. The zero-order valence-electron chi connectivity index (χ0n) is 24.1. The number of unbranched alkanes of at least 4 members (excludes halogenated alkanes) is 1. The SMILES string of the molecule is CCCCOCCCNC(=O)c1ccc(N2C(=O)[C@@H]3Cc4c([nH]c5ccccc45)[C@@H](c4ccc(C)cc4)N3C2=O)cc1. The van der Waals surface area contributed by atoms with Gasteiger partial charge in [-0.2, -0.15) is 0 Å². The number of nitrogens with zero attached hydrogens (tertiary/aromatic N) is 2. The van der Waals surface area contributed by atoms with E-state index in [2.05, 4.69) is 23.3 Å². The van der Waals surface area contributed by atoms with Gasteiger partial charge in [0.05, 0.1) is 5.69 Å². The van der Waals surface area contributed by atoms with Gasteiger partial charge in [0.15, 0.2) is 0 Å². The number of carbonyl (C=O) groups excluding carboxylic acids is 3. The van der Waals surface area contributed by atoms with Gasteiger partial charge < -0.3 is 15.0 Å². The minimum atomic E-state index is -0.627. The van der Waals surface area contributed by atoms with Crippen molar-refractivity contribution < 1.29 is 19.1 Å². The van der Waals surface area contributed by atoms with Crippen molar-refractivity contribution in [3.63, 3.8) is 0 Å². The molecule has 1 fully saturated rings. The van der Waals surface area contributed by atoms with Gasteiger partial charge in [-0.05, 0) is 61.2 Å². The average Bonchev–Trinajstić information content (AvgIpc) is 3.50. The first-order valence-electron chi connectivity index (χ1n) is 14.8. The Balaban J connectivity index is 1.23. The minimum absolute atomic E-state index is 0.198. The van der Waals surface area contributed by atoms with Crippen LogP contribution in [0.5, 0.6) is 0 Å². The van der Waals surface area contributed by atoms with Crippen LogP contribution in [0.15, 0.2) is 72.8 Å². The van der Waals surface area contributed by atoms with Gasteiger partial charge >= 0.3 is 6.03 Å². The van der Waals surface area contributed by atoms with Gasteiger partial charge in [0, 0.05) is 48.3 Å². The van der Waals surface area contributed by atoms with E-state index in [0.717, 1.165) is 59.2 Å². The largest absolute Gasteiger partial charge is 0.381 e. The molecule has 0 aliphatic carbocycles. The van der Waals surface area contributed by atoms with Crippen LogP contribution in [0.4, 0.5) is 10.5 Å². The van der Waals surface area contributed by atoms with Gasteiger partial charge in [-0.1, -0.05) is 61.4 Å². The van der Waals surface area contributed by atoms with E-state index in [4.69, 9.17) is 4.74 Å². The Kier molecular flexibility index (Phi) is 7.80. The van der Waals surface area contributed by atoms with Gasteiger partial charge in [0.2, 0.25) is 0 Å². The highest BCUT2D eigenvalue weighted by Crippen LogP contribution is 2.44. The summed E-state index contributed by atoms with van der Waals surface area (Å²) in [6, 6.07) is 21.5. The van der Waals surface area contributed by atoms with Crippen LogP contribution in [0.2, 0.25) is 0 Å². The summed E-state index contributed by atoms with van der Waals surface area (Å²) in [6.07, 6.45) is 3.31. The third kappa shape index (κ3) is 5.07. The van der Waals surface area contributed by atoms with Gasteiger partial charge in [0.1, 0.15) is 12.1 Å². The van der Waals surface area contributed by atoms with Crippen LogP contribution >= 0.6 is 0 Å². The molecule has 0 spiro atoms. The number of aryl methyl sites for hydroxylation is 1. The van der Waals surface area contributed by atoms with Crippen LogP contribution < -0.4 is 10.2 Å². The number of anilines is 1. The molecule has 3 aromatic carbocycles. The minimum Gasteiger partial charge on any atom is -0.381 e. The first-order valence-corrected chi connectivity index (χ1v) is 14.8. The van der Waals surface area contributed by atoms with Crippen molar-refractivity contribution in [2.24, 2.45) is 0 Å². The molecule has 0 unspecified atom stereocenters. The fraction of sp³-hybridized carbons (Fsp3) is 0.324. The van der Waals surface area contributed by atoms with E-state index in [1.54, 1.807) is 29.2 Å². The molecule has 4 aromatic rings. The molecule has 2 aliphatic heterocycles. The number of aromatic amines is 1. The maximum atomic E-state index is 14.0. The predicted octanol–water partition coefficient (Wildman–Crippen LogP) is 5.90. The number of para-hydroxylation sites is 1. The zero-order chi connectivity index (χ0) is 29.2. The Bertz CT molecular complexity index is 1610. The van der Waals surface area contributed by atoms with Crippen molar-refractivity contribution in [3.8, 4) is 0 Å².